The Morgan fingerprint density at radius 3 is 2.53 bits per heavy atom. The van der Waals surface area contributed by atoms with Gasteiger partial charge in [-0.25, -0.2) is 0 Å². The summed E-state index contributed by atoms with van der Waals surface area (Å²) in [4.78, 5) is 1.99. The summed E-state index contributed by atoms with van der Waals surface area (Å²) in [6.07, 6.45) is -3.10. The third-order valence-electron chi connectivity index (χ3n) is 3.84. The van der Waals surface area contributed by atoms with Gasteiger partial charge in [-0.15, -0.1) is 0 Å². The molecule has 17 heavy (non-hydrogen) atoms. The average Bonchev–Trinajstić information content (AvgIpc) is 2.27. The first-order chi connectivity index (χ1) is 7.86. The van der Waals surface area contributed by atoms with Crippen molar-refractivity contribution in [1.29, 1.82) is 0 Å². The van der Waals surface area contributed by atoms with Crippen molar-refractivity contribution >= 4 is 0 Å². The predicted molar refractivity (Wildman–Crippen MR) is 62.9 cm³/mol. The maximum atomic E-state index is 12.7. The van der Waals surface area contributed by atoms with Crippen LogP contribution in [0, 0.1) is 11.8 Å². The van der Waals surface area contributed by atoms with Crippen LogP contribution in [-0.4, -0.2) is 43.8 Å². The molecule has 3 atom stereocenters. The molecule has 1 heterocycles. The molecule has 0 radical (unpaired) electrons. The van der Waals surface area contributed by atoms with E-state index in [0.717, 1.165) is 13.1 Å². The summed E-state index contributed by atoms with van der Waals surface area (Å²) in [7, 11) is 1.87. The second-order valence-electron chi connectivity index (χ2n) is 5.15. The van der Waals surface area contributed by atoms with E-state index in [1.807, 2.05) is 18.9 Å². The highest BCUT2D eigenvalue weighted by molar-refractivity contribution is 4.83. The molecule has 1 aliphatic rings. The fraction of sp³-hybridized carbons (Fsp3) is 1.00. The van der Waals surface area contributed by atoms with Gasteiger partial charge < -0.3 is 5.32 Å². The Kier molecular flexibility index (Phi) is 5.25. The number of hydrogen-bond donors (Lipinski definition) is 1. The van der Waals surface area contributed by atoms with Crippen molar-refractivity contribution in [2.24, 2.45) is 11.8 Å². The van der Waals surface area contributed by atoms with Crippen molar-refractivity contribution in [2.45, 2.75) is 38.9 Å². The van der Waals surface area contributed by atoms with Gasteiger partial charge in [0.25, 0.3) is 0 Å². The topological polar surface area (TPSA) is 15.3 Å². The highest BCUT2D eigenvalue weighted by Gasteiger charge is 2.42. The predicted octanol–water partition coefficient (Wildman–Crippen LogP) is 2.50. The smallest absolute Gasteiger partial charge is 0.319 e. The molecular formula is C12H23F3N2. The van der Waals surface area contributed by atoms with Gasteiger partial charge in [-0.05, 0) is 45.8 Å². The number of hydrogen-bond acceptors (Lipinski definition) is 2. The van der Waals surface area contributed by atoms with Crippen LogP contribution in [-0.2, 0) is 0 Å². The summed E-state index contributed by atoms with van der Waals surface area (Å²) in [5.41, 5.74) is 0. The lowest BCUT2D eigenvalue weighted by molar-refractivity contribution is -0.189. The van der Waals surface area contributed by atoms with Crippen molar-refractivity contribution in [1.82, 2.24) is 10.2 Å². The van der Waals surface area contributed by atoms with Crippen LogP contribution in [0.15, 0.2) is 0 Å². The van der Waals surface area contributed by atoms with Gasteiger partial charge in [0.15, 0.2) is 0 Å². The zero-order valence-corrected chi connectivity index (χ0v) is 10.8. The largest absolute Gasteiger partial charge is 0.393 e. The van der Waals surface area contributed by atoms with Crippen LogP contribution in [0.4, 0.5) is 13.2 Å². The van der Waals surface area contributed by atoms with Gasteiger partial charge in [-0.3, -0.25) is 4.90 Å². The first kappa shape index (κ1) is 14.8. The van der Waals surface area contributed by atoms with Crippen LogP contribution in [0.25, 0.3) is 0 Å². The number of halogens is 3. The third-order valence-corrected chi connectivity index (χ3v) is 3.84. The highest BCUT2D eigenvalue weighted by atomic mass is 19.4. The zero-order chi connectivity index (χ0) is 13.1. The van der Waals surface area contributed by atoms with Gasteiger partial charge in [0.1, 0.15) is 0 Å². The molecule has 102 valence electrons. The van der Waals surface area contributed by atoms with Crippen LogP contribution in [0.2, 0.25) is 0 Å². The first-order valence-corrected chi connectivity index (χ1v) is 6.31. The van der Waals surface area contributed by atoms with Crippen molar-refractivity contribution < 1.29 is 13.2 Å². The maximum Gasteiger partial charge on any atom is 0.393 e. The van der Waals surface area contributed by atoms with Crippen LogP contribution in [0.3, 0.4) is 0 Å². The van der Waals surface area contributed by atoms with Gasteiger partial charge in [0.05, 0.1) is 5.92 Å². The van der Waals surface area contributed by atoms with Crippen LogP contribution >= 0.6 is 0 Å². The Labute approximate surface area is 102 Å². The van der Waals surface area contributed by atoms with Gasteiger partial charge in [0.2, 0.25) is 0 Å². The van der Waals surface area contributed by atoms with Gasteiger partial charge >= 0.3 is 6.18 Å². The lowest BCUT2D eigenvalue weighted by Gasteiger charge is -2.39. The molecule has 0 aromatic heterocycles. The Hall–Kier alpha value is -0.290. The first-order valence-electron chi connectivity index (χ1n) is 6.31. The Bertz CT molecular complexity index is 230. The van der Waals surface area contributed by atoms with E-state index in [4.69, 9.17) is 0 Å². The quantitative estimate of drug-likeness (QED) is 0.827. The minimum Gasteiger partial charge on any atom is -0.319 e. The van der Waals surface area contributed by atoms with E-state index in [1.165, 1.54) is 0 Å². The average molecular weight is 252 g/mol. The summed E-state index contributed by atoms with van der Waals surface area (Å²) in [5, 5.41) is 3.08. The van der Waals surface area contributed by atoms with E-state index in [1.54, 1.807) is 0 Å². The molecule has 1 saturated heterocycles. The third kappa shape index (κ3) is 4.14. The second kappa shape index (κ2) is 6.05. The summed E-state index contributed by atoms with van der Waals surface area (Å²) in [5.74, 6) is -0.771. The molecule has 0 spiro atoms. The van der Waals surface area contributed by atoms with E-state index in [2.05, 4.69) is 12.2 Å². The highest BCUT2D eigenvalue weighted by Crippen LogP contribution is 2.34. The number of alkyl halides is 3. The molecule has 0 aromatic carbocycles. The molecule has 0 aromatic rings. The standard InChI is InChI=1S/C12H23F3N2/c1-9(7-16-3)10(2)17-6-4-5-11(8-17)12(13,14)15/h9-11,16H,4-8H2,1-3H3. The fourth-order valence-electron chi connectivity index (χ4n) is 2.50. The summed E-state index contributed by atoms with van der Waals surface area (Å²) < 4.78 is 38.1. The van der Waals surface area contributed by atoms with E-state index in [0.29, 0.717) is 12.3 Å². The molecule has 3 unspecified atom stereocenters. The number of piperidine rings is 1. The summed E-state index contributed by atoms with van der Waals surface area (Å²) >= 11 is 0. The summed E-state index contributed by atoms with van der Waals surface area (Å²) in [6.45, 7) is 5.91. The molecule has 0 aliphatic carbocycles. The number of rotatable bonds is 4. The van der Waals surface area contributed by atoms with Crippen molar-refractivity contribution in [3.8, 4) is 0 Å². The monoisotopic (exact) mass is 252 g/mol. The number of nitrogens with zero attached hydrogens (tertiary/aromatic N) is 1. The minimum absolute atomic E-state index is 0.165. The van der Waals surface area contributed by atoms with Gasteiger partial charge in [-0.1, -0.05) is 6.92 Å². The van der Waals surface area contributed by atoms with Gasteiger partial charge in [-0.2, -0.15) is 13.2 Å². The summed E-state index contributed by atoms with van der Waals surface area (Å²) in [6, 6.07) is 0.201. The molecule has 1 fully saturated rings. The Morgan fingerprint density at radius 1 is 1.35 bits per heavy atom. The fourth-order valence-corrected chi connectivity index (χ4v) is 2.50. The molecule has 2 nitrogen and oxygen atoms in total. The Morgan fingerprint density at radius 2 is 2.00 bits per heavy atom. The van der Waals surface area contributed by atoms with E-state index in [9.17, 15) is 13.2 Å². The van der Waals surface area contributed by atoms with E-state index < -0.39 is 12.1 Å². The Balaban J connectivity index is 2.54. The molecular weight excluding hydrogens is 229 g/mol. The number of likely N-dealkylation sites (tertiary alicyclic amines) is 1. The number of nitrogens with one attached hydrogen (secondary N) is 1. The molecule has 1 rings (SSSR count). The molecule has 0 amide bonds. The van der Waals surface area contributed by atoms with Gasteiger partial charge in [0, 0.05) is 12.6 Å². The van der Waals surface area contributed by atoms with Crippen molar-refractivity contribution in [3.05, 3.63) is 0 Å². The zero-order valence-electron chi connectivity index (χ0n) is 10.8. The van der Waals surface area contributed by atoms with Crippen LogP contribution < -0.4 is 5.32 Å². The van der Waals surface area contributed by atoms with E-state index in [-0.39, 0.29) is 19.0 Å². The SMILES string of the molecule is CNCC(C)C(C)N1CCCC(C(F)(F)F)C1. The molecule has 0 bridgehead atoms. The normalized spacial score (nSPS) is 26.8. The lowest BCUT2D eigenvalue weighted by Crippen LogP contribution is -2.48. The van der Waals surface area contributed by atoms with Crippen molar-refractivity contribution in [3.63, 3.8) is 0 Å². The maximum absolute atomic E-state index is 12.7. The molecule has 1 aliphatic heterocycles. The minimum atomic E-state index is -4.04. The lowest BCUT2D eigenvalue weighted by atomic mass is 9.93. The molecule has 0 saturated carbocycles. The second-order valence-corrected chi connectivity index (χ2v) is 5.15. The molecule has 5 heteroatoms. The van der Waals surface area contributed by atoms with E-state index >= 15 is 0 Å². The molecule has 1 N–H and O–H groups in total. The van der Waals surface area contributed by atoms with Crippen LogP contribution in [0.5, 0.6) is 0 Å². The van der Waals surface area contributed by atoms with Crippen molar-refractivity contribution in [2.75, 3.05) is 26.7 Å². The van der Waals surface area contributed by atoms with Crippen LogP contribution in [0.1, 0.15) is 26.7 Å².